The van der Waals surface area contributed by atoms with Crippen LogP contribution in [0.2, 0.25) is 0 Å². The average Bonchev–Trinajstić information content (AvgIpc) is 2.60. The molecule has 0 saturated carbocycles. The smallest absolute Gasteiger partial charge is 0.244 e. The minimum atomic E-state index is -0.721. The van der Waals surface area contributed by atoms with E-state index in [0.29, 0.717) is 19.3 Å². The molecule has 1 aromatic rings. The number of amides is 3. The van der Waals surface area contributed by atoms with Crippen molar-refractivity contribution in [1.82, 2.24) is 16.1 Å². The van der Waals surface area contributed by atoms with Gasteiger partial charge in [-0.3, -0.25) is 19.6 Å². The van der Waals surface area contributed by atoms with E-state index in [0.717, 1.165) is 5.56 Å². The second-order valence-electron chi connectivity index (χ2n) is 5.59. The summed E-state index contributed by atoms with van der Waals surface area (Å²) in [4.78, 5) is 35.9. The Balaban J connectivity index is 2.81. The number of likely N-dealkylation sites (N-methyl/N-ethyl adjacent to an activating group) is 1. The van der Waals surface area contributed by atoms with Crippen LogP contribution in [-0.4, -0.2) is 36.0 Å². The van der Waals surface area contributed by atoms with Gasteiger partial charge >= 0.3 is 0 Å². The summed E-state index contributed by atoms with van der Waals surface area (Å²) in [5.41, 5.74) is 2.46. The fourth-order valence-electron chi connectivity index (χ4n) is 2.47. The van der Waals surface area contributed by atoms with Crippen molar-refractivity contribution in [1.29, 1.82) is 0 Å². The molecule has 1 aromatic carbocycles. The van der Waals surface area contributed by atoms with E-state index in [-0.39, 0.29) is 18.2 Å². The van der Waals surface area contributed by atoms with Crippen LogP contribution in [0.15, 0.2) is 30.3 Å². The molecular formula is C17H25N3O4. The van der Waals surface area contributed by atoms with Gasteiger partial charge < -0.3 is 10.6 Å². The quantitative estimate of drug-likeness (QED) is 0.395. The van der Waals surface area contributed by atoms with Gasteiger partial charge in [-0.15, -0.1) is 0 Å². The number of nitrogens with one attached hydrogen (secondary N) is 3. The SMILES string of the molecule is CCCC(CC(=O)NO)C(=O)N[C@@H](Cc1ccccc1)C(=O)NC. The van der Waals surface area contributed by atoms with Crippen LogP contribution >= 0.6 is 0 Å². The minimum absolute atomic E-state index is 0.123. The molecule has 2 atom stereocenters. The van der Waals surface area contributed by atoms with Crippen molar-refractivity contribution in [3.8, 4) is 0 Å². The van der Waals surface area contributed by atoms with E-state index in [1.54, 1.807) is 0 Å². The average molecular weight is 335 g/mol. The molecule has 132 valence electrons. The van der Waals surface area contributed by atoms with E-state index in [1.165, 1.54) is 12.5 Å². The first-order chi connectivity index (χ1) is 11.5. The molecule has 7 heteroatoms. The first-order valence-corrected chi connectivity index (χ1v) is 8.00. The fraction of sp³-hybridized carbons (Fsp3) is 0.471. The van der Waals surface area contributed by atoms with Gasteiger partial charge in [-0.05, 0) is 12.0 Å². The predicted molar refractivity (Wildman–Crippen MR) is 89.1 cm³/mol. The number of hydrogen-bond acceptors (Lipinski definition) is 4. The lowest BCUT2D eigenvalue weighted by Gasteiger charge is -2.21. The highest BCUT2D eigenvalue weighted by Gasteiger charge is 2.26. The van der Waals surface area contributed by atoms with E-state index in [2.05, 4.69) is 10.6 Å². The molecule has 0 fully saturated rings. The molecule has 7 nitrogen and oxygen atoms in total. The standard InChI is InChI=1S/C17H25N3O4/c1-3-7-13(11-15(21)20-24)16(22)19-14(17(23)18-2)10-12-8-5-4-6-9-12/h4-6,8-9,13-14,24H,3,7,10-11H2,1-2H3,(H,18,23)(H,19,22)(H,20,21)/t13?,14-/m0/s1. The lowest BCUT2D eigenvalue weighted by atomic mass is 9.97. The number of carbonyl (C=O) groups is 3. The summed E-state index contributed by atoms with van der Waals surface area (Å²) in [6, 6.07) is 8.64. The highest BCUT2D eigenvalue weighted by molar-refractivity contribution is 5.90. The van der Waals surface area contributed by atoms with Gasteiger partial charge in [0, 0.05) is 25.8 Å². The normalized spacial score (nSPS) is 12.8. The number of hydroxylamine groups is 1. The van der Waals surface area contributed by atoms with Crippen LogP contribution in [0.5, 0.6) is 0 Å². The van der Waals surface area contributed by atoms with Crippen molar-refractivity contribution in [3.63, 3.8) is 0 Å². The molecule has 0 aliphatic heterocycles. The monoisotopic (exact) mass is 335 g/mol. The maximum Gasteiger partial charge on any atom is 0.244 e. The summed E-state index contributed by atoms with van der Waals surface area (Å²) in [5.74, 6) is -1.88. The Bertz CT molecular complexity index is 548. The summed E-state index contributed by atoms with van der Waals surface area (Å²) in [6.45, 7) is 1.90. The third kappa shape index (κ3) is 6.37. The van der Waals surface area contributed by atoms with Crippen molar-refractivity contribution in [2.75, 3.05) is 7.05 Å². The molecule has 0 spiro atoms. The van der Waals surface area contributed by atoms with E-state index in [9.17, 15) is 14.4 Å². The number of hydrogen-bond donors (Lipinski definition) is 4. The predicted octanol–water partition coefficient (Wildman–Crippen LogP) is 0.772. The first kappa shape index (κ1) is 19.6. The summed E-state index contributed by atoms with van der Waals surface area (Å²) < 4.78 is 0. The lowest BCUT2D eigenvalue weighted by Crippen LogP contribution is -2.49. The Morgan fingerprint density at radius 3 is 2.33 bits per heavy atom. The molecule has 0 saturated heterocycles. The van der Waals surface area contributed by atoms with Crippen LogP contribution in [0.4, 0.5) is 0 Å². The summed E-state index contributed by atoms with van der Waals surface area (Å²) in [7, 11) is 1.51. The first-order valence-electron chi connectivity index (χ1n) is 8.00. The third-order valence-electron chi connectivity index (χ3n) is 3.73. The Labute approximate surface area is 141 Å². The Hall–Kier alpha value is -2.41. The molecule has 1 rings (SSSR count). The second kappa shape index (κ2) is 10.4. The Kier molecular flexibility index (Phi) is 8.49. The van der Waals surface area contributed by atoms with Crippen LogP contribution < -0.4 is 16.1 Å². The molecule has 3 amide bonds. The minimum Gasteiger partial charge on any atom is -0.357 e. The van der Waals surface area contributed by atoms with Crippen LogP contribution in [0, 0.1) is 5.92 Å². The molecule has 0 aliphatic carbocycles. The van der Waals surface area contributed by atoms with Crippen molar-refractivity contribution in [3.05, 3.63) is 35.9 Å². The largest absolute Gasteiger partial charge is 0.357 e. The zero-order chi connectivity index (χ0) is 17.9. The molecule has 4 N–H and O–H groups in total. The van der Waals surface area contributed by atoms with Gasteiger partial charge in [0.05, 0.1) is 0 Å². The summed E-state index contributed by atoms with van der Waals surface area (Å²) in [6.07, 6.45) is 1.43. The highest BCUT2D eigenvalue weighted by Crippen LogP contribution is 2.13. The maximum atomic E-state index is 12.5. The van der Waals surface area contributed by atoms with Gasteiger partial charge in [-0.25, -0.2) is 5.48 Å². The molecule has 1 unspecified atom stereocenters. The topological polar surface area (TPSA) is 108 Å². The zero-order valence-corrected chi connectivity index (χ0v) is 14.0. The van der Waals surface area contributed by atoms with Gasteiger partial charge in [-0.1, -0.05) is 43.7 Å². The van der Waals surface area contributed by atoms with Crippen LogP contribution in [0.25, 0.3) is 0 Å². The van der Waals surface area contributed by atoms with E-state index in [4.69, 9.17) is 5.21 Å². The number of rotatable bonds is 9. The summed E-state index contributed by atoms with van der Waals surface area (Å²) in [5, 5.41) is 13.9. The molecule has 0 aliphatic rings. The molecular weight excluding hydrogens is 310 g/mol. The van der Waals surface area contributed by atoms with Crippen molar-refractivity contribution >= 4 is 17.7 Å². The molecule has 0 aromatic heterocycles. The molecule has 0 heterocycles. The number of benzene rings is 1. The highest BCUT2D eigenvalue weighted by atomic mass is 16.5. The molecule has 0 radical (unpaired) electrons. The van der Waals surface area contributed by atoms with Gasteiger partial charge in [0.2, 0.25) is 17.7 Å². The van der Waals surface area contributed by atoms with Crippen molar-refractivity contribution in [2.24, 2.45) is 5.92 Å². The van der Waals surface area contributed by atoms with Gasteiger partial charge in [0.1, 0.15) is 6.04 Å². The third-order valence-corrected chi connectivity index (χ3v) is 3.73. The van der Waals surface area contributed by atoms with Crippen molar-refractivity contribution in [2.45, 2.75) is 38.6 Å². The number of carbonyl (C=O) groups excluding carboxylic acids is 3. The summed E-state index contributed by atoms with van der Waals surface area (Å²) >= 11 is 0. The van der Waals surface area contributed by atoms with Crippen molar-refractivity contribution < 1.29 is 19.6 Å². The van der Waals surface area contributed by atoms with Crippen LogP contribution in [0.3, 0.4) is 0 Å². The second-order valence-corrected chi connectivity index (χ2v) is 5.59. The zero-order valence-electron chi connectivity index (χ0n) is 14.0. The van der Waals surface area contributed by atoms with Crippen LogP contribution in [0.1, 0.15) is 31.7 Å². The maximum absolute atomic E-state index is 12.5. The molecule has 24 heavy (non-hydrogen) atoms. The molecule has 0 bridgehead atoms. The van der Waals surface area contributed by atoms with E-state index < -0.39 is 17.9 Å². The fourth-order valence-corrected chi connectivity index (χ4v) is 2.47. The Morgan fingerprint density at radius 1 is 1.12 bits per heavy atom. The Morgan fingerprint density at radius 2 is 1.79 bits per heavy atom. The van der Waals surface area contributed by atoms with Crippen LogP contribution in [-0.2, 0) is 20.8 Å². The van der Waals surface area contributed by atoms with Gasteiger partial charge in [-0.2, -0.15) is 0 Å². The van der Waals surface area contributed by atoms with Gasteiger partial charge in [0.15, 0.2) is 0 Å². The lowest BCUT2D eigenvalue weighted by molar-refractivity contribution is -0.136. The van der Waals surface area contributed by atoms with Gasteiger partial charge in [0.25, 0.3) is 0 Å². The van der Waals surface area contributed by atoms with E-state index >= 15 is 0 Å². The van der Waals surface area contributed by atoms with E-state index in [1.807, 2.05) is 37.3 Å².